The third-order valence-electron chi connectivity index (χ3n) is 8.66. The molecule has 2 aliphatic carbocycles. The van der Waals surface area contributed by atoms with Gasteiger partial charge in [-0.25, -0.2) is 0 Å². The van der Waals surface area contributed by atoms with Gasteiger partial charge in [0.25, 0.3) is 0 Å². The van der Waals surface area contributed by atoms with E-state index in [1.54, 1.807) is 0 Å². The number of allylic oxidation sites excluding steroid dienone is 1. The maximum Gasteiger partial charge on any atom is 0.155 e. The summed E-state index contributed by atoms with van der Waals surface area (Å²) in [7, 11) is 0. The fraction of sp³-hybridized carbons (Fsp3) is 0.913. The van der Waals surface area contributed by atoms with Crippen LogP contribution < -0.4 is 0 Å². The van der Waals surface area contributed by atoms with E-state index >= 15 is 0 Å². The summed E-state index contributed by atoms with van der Waals surface area (Å²) in [5, 5.41) is 9.43. The van der Waals surface area contributed by atoms with Gasteiger partial charge in [-0.05, 0) is 81.7 Å². The summed E-state index contributed by atoms with van der Waals surface area (Å²) < 4.78 is 12.2. The zero-order chi connectivity index (χ0) is 19.2. The van der Waals surface area contributed by atoms with Crippen molar-refractivity contribution in [2.24, 2.45) is 28.6 Å². The molecule has 0 radical (unpaired) electrons. The Morgan fingerprint density at radius 2 is 2.04 bits per heavy atom. The number of hydrogen-bond donors (Lipinski definition) is 1. The molecule has 4 aliphatic rings. The van der Waals surface area contributed by atoms with Crippen molar-refractivity contribution in [2.45, 2.75) is 71.7 Å². The molecule has 7 atom stereocenters. The molecule has 0 amide bonds. The van der Waals surface area contributed by atoms with Crippen LogP contribution in [0.15, 0.2) is 12.2 Å². The standard InChI is InChI=1S/C23H39NO3/c1-16-5-6-20-22(3,10-7-21-23(20,4)15-26-17(2)27-21)19(16)9-12-24-11-8-18(13-24)14-25/h17-21,25H,1,5-15H2,2-4H3/t17-,18?,19-,20?,21-,22+,23+/m1/s1. The van der Waals surface area contributed by atoms with Crippen LogP contribution in [0.4, 0.5) is 0 Å². The fourth-order valence-electron chi connectivity index (χ4n) is 7.07. The molecule has 2 saturated carbocycles. The van der Waals surface area contributed by atoms with Gasteiger partial charge in [0.2, 0.25) is 0 Å². The van der Waals surface area contributed by atoms with E-state index in [0.29, 0.717) is 35.9 Å². The molecule has 2 saturated heterocycles. The highest BCUT2D eigenvalue weighted by molar-refractivity contribution is 5.18. The number of aliphatic hydroxyl groups excluding tert-OH is 1. The Labute approximate surface area is 165 Å². The first-order chi connectivity index (χ1) is 12.9. The average Bonchev–Trinajstić information content (AvgIpc) is 3.10. The van der Waals surface area contributed by atoms with Gasteiger partial charge in [0.15, 0.2) is 6.29 Å². The summed E-state index contributed by atoms with van der Waals surface area (Å²) >= 11 is 0. The molecule has 2 unspecified atom stereocenters. The Balaban J connectivity index is 1.49. The summed E-state index contributed by atoms with van der Waals surface area (Å²) in [6.45, 7) is 16.0. The number of hydrogen-bond acceptors (Lipinski definition) is 4. The highest BCUT2D eigenvalue weighted by Crippen LogP contribution is 2.63. The molecule has 4 fully saturated rings. The van der Waals surface area contributed by atoms with Crippen molar-refractivity contribution < 1.29 is 14.6 Å². The second-order valence-corrected chi connectivity index (χ2v) is 10.3. The van der Waals surface area contributed by atoms with Crippen molar-refractivity contribution in [3.63, 3.8) is 0 Å². The Hall–Kier alpha value is -0.420. The molecule has 1 N–H and O–H groups in total. The van der Waals surface area contributed by atoms with Crippen molar-refractivity contribution in [1.82, 2.24) is 4.90 Å². The van der Waals surface area contributed by atoms with Gasteiger partial charge >= 0.3 is 0 Å². The zero-order valence-electron chi connectivity index (χ0n) is 17.6. The third kappa shape index (κ3) is 3.41. The van der Waals surface area contributed by atoms with E-state index in [1.165, 1.54) is 24.8 Å². The van der Waals surface area contributed by atoms with Gasteiger partial charge in [0.1, 0.15) is 0 Å². The molecule has 4 rings (SSSR count). The van der Waals surface area contributed by atoms with E-state index in [0.717, 1.165) is 45.5 Å². The molecule has 154 valence electrons. The van der Waals surface area contributed by atoms with Crippen LogP contribution in [0.2, 0.25) is 0 Å². The minimum Gasteiger partial charge on any atom is -0.396 e. The second kappa shape index (κ2) is 7.44. The van der Waals surface area contributed by atoms with Gasteiger partial charge in [0, 0.05) is 18.6 Å². The quantitative estimate of drug-likeness (QED) is 0.756. The summed E-state index contributed by atoms with van der Waals surface area (Å²) in [5.41, 5.74) is 1.91. The van der Waals surface area contributed by atoms with Crippen LogP contribution in [-0.2, 0) is 9.47 Å². The molecule has 27 heavy (non-hydrogen) atoms. The van der Waals surface area contributed by atoms with Gasteiger partial charge in [-0.15, -0.1) is 0 Å². The molecule has 2 heterocycles. The van der Waals surface area contributed by atoms with Crippen molar-refractivity contribution in [3.8, 4) is 0 Å². The van der Waals surface area contributed by atoms with Gasteiger partial charge in [-0.3, -0.25) is 0 Å². The largest absolute Gasteiger partial charge is 0.396 e. The summed E-state index contributed by atoms with van der Waals surface area (Å²) in [6.07, 6.45) is 7.42. The summed E-state index contributed by atoms with van der Waals surface area (Å²) in [4.78, 5) is 2.56. The van der Waals surface area contributed by atoms with Crippen LogP contribution in [0, 0.1) is 28.6 Å². The van der Waals surface area contributed by atoms with Crippen molar-refractivity contribution in [1.29, 1.82) is 0 Å². The van der Waals surface area contributed by atoms with E-state index in [-0.39, 0.29) is 11.7 Å². The van der Waals surface area contributed by atoms with Crippen LogP contribution in [-0.4, -0.2) is 55.2 Å². The second-order valence-electron chi connectivity index (χ2n) is 10.3. The van der Waals surface area contributed by atoms with Crippen LogP contribution >= 0.6 is 0 Å². The minimum absolute atomic E-state index is 0.0589. The Kier molecular flexibility index (Phi) is 5.48. The van der Waals surface area contributed by atoms with Crippen molar-refractivity contribution in [3.05, 3.63) is 12.2 Å². The van der Waals surface area contributed by atoms with E-state index in [1.807, 2.05) is 6.92 Å². The van der Waals surface area contributed by atoms with Gasteiger partial charge in [-0.1, -0.05) is 26.0 Å². The van der Waals surface area contributed by atoms with E-state index < -0.39 is 0 Å². The number of nitrogens with zero attached hydrogens (tertiary/aromatic N) is 1. The average molecular weight is 378 g/mol. The van der Waals surface area contributed by atoms with Gasteiger partial charge < -0.3 is 19.5 Å². The van der Waals surface area contributed by atoms with Gasteiger partial charge in [-0.2, -0.15) is 0 Å². The number of aliphatic hydroxyl groups is 1. The minimum atomic E-state index is -0.0589. The molecule has 4 heteroatoms. The molecule has 4 nitrogen and oxygen atoms in total. The number of likely N-dealkylation sites (tertiary alicyclic amines) is 1. The van der Waals surface area contributed by atoms with E-state index in [4.69, 9.17) is 9.47 Å². The molecule has 0 aromatic carbocycles. The first-order valence-corrected chi connectivity index (χ1v) is 11.1. The highest BCUT2D eigenvalue weighted by Gasteiger charge is 2.59. The molecule has 0 aromatic heterocycles. The topological polar surface area (TPSA) is 41.9 Å². The van der Waals surface area contributed by atoms with E-state index in [9.17, 15) is 5.11 Å². The van der Waals surface area contributed by atoms with E-state index in [2.05, 4.69) is 25.3 Å². The Morgan fingerprint density at radius 1 is 1.22 bits per heavy atom. The molecule has 0 bridgehead atoms. The normalized spacial score (nSPS) is 48.3. The Bertz CT molecular complexity index is 566. The molecule has 0 spiro atoms. The van der Waals surface area contributed by atoms with Crippen LogP contribution in [0.5, 0.6) is 0 Å². The number of fused-ring (bicyclic) bond motifs is 3. The molecular weight excluding hydrogens is 338 g/mol. The Morgan fingerprint density at radius 3 is 2.78 bits per heavy atom. The molecular formula is C23H39NO3. The van der Waals surface area contributed by atoms with Crippen LogP contribution in [0.3, 0.4) is 0 Å². The lowest BCUT2D eigenvalue weighted by Crippen LogP contribution is -2.61. The van der Waals surface area contributed by atoms with Crippen LogP contribution in [0.1, 0.15) is 59.3 Å². The molecule has 2 aliphatic heterocycles. The fourth-order valence-corrected chi connectivity index (χ4v) is 7.07. The SMILES string of the molecule is C=C1CCC2[C@]3(C)CO[C@@H](C)O[C@@H]3CC[C@@]2(C)[C@@H]1CCN1CCC(CO)C1. The van der Waals surface area contributed by atoms with Crippen molar-refractivity contribution in [2.75, 3.05) is 32.8 Å². The smallest absolute Gasteiger partial charge is 0.155 e. The predicted octanol–water partition coefficient (Wildman–Crippen LogP) is 3.84. The zero-order valence-corrected chi connectivity index (χ0v) is 17.6. The maximum absolute atomic E-state index is 9.43. The predicted molar refractivity (Wildman–Crippen MR) is 107 cm³/mol. The monoisotopic (exact) mass is 377 g/mol. The first kappa shape index (κ1) is 19.9. The third-order valence-corrected chi connectivity index (χ3v) is 8.66. The lowest BCUT2D eigenvalue weighted by atomic mass is 9.46. The van der Waals surface area contributed by atoms with Crippen molar-refractivity contribution >= 4 is 0 Å². The first-order valence-electron chi connectivity index (χ1n) is 11.1. The highest BCUT2D eigenvalue weighted by atomic mass is 16.7. The summed E-state index contributed by atoms with van der Waals surface area (Å²) in [5.74, 6) is 1.73. The number of ether oxygens (including phenoxy) is 2. The molecule has 0 aromatic rings. The lowest BCUT2D eigenvalue weighted by Gasteiger charge is -2.62. The summed E-state index contributed by atoms with van der Waals surface area (Å²) in [6, 6.07) is 0. The number of rotatable bonds is 4. The maximum atomic E-state index is 9.43. The van der Waals surface area contributed by atoms with Gasteiger partial charge in [0.05, 0.1) is 12.7 Å². The lowest BCUT2D eigenvalue weighted by molar-refractivity contribution is -0.297. The van der Waals surface area contributed by atoms with Crippen LogP contribution in [0.25, 0.3) is 0 Å².